The number of nitro groups is 1. The molecule has 1 aliphatic rings. The summed E-state index contributed by atoms with van der Waals surface area (Å²) in [5.41, 5.74) is 2.96. The smallest absolute Gasteiger partial charge is 0.324 e. The molecule has 0 radical (unpaired) electrons. The Kier molecular flexibility index (Phi) is 7.54. The summed E-state index contributed by atoms with van der Waals surface area (Å²) in [5.74, 6) is 0.253. The van der Waals surface area contributed by atoms with Crippen LogP contribution < -0.4 is 10.1 Å². The number of carbonyl (C=O) groups excluding carboxylic acids is 1. The van der Waals surface area contributed by atoms with Crippen molar-refractivity contribution in [2.45, 2.75) is 0 Å². The number of thiophene rings is 1. The fourth-order valence-electron chi connectivity index (χ4n) is 4.01. The highest BCUT2D eigenvalue weighted by molar-refractivity contribution is 7.17. The van der Waals surface area contributed by atoms with Crippen LogP contribution in [0.25, 0.3) is 23.1 Å². The highest BCUT2D eigenvalue weighted by Gasteiger charge is 2.17. The Labute approximate surface area is 216 Å². The van der Waals surface area contributed by atoms with Crippen molar-refractivity contribution in [3.8, 4) is 5.75 Å². The van der Waals surface area contributed by atoms with Crippen LogP contribution in [-0.2, 0) is 4.74 Å². The van der Waals surface area contributed by atoms with Crippen LogP contribution in [0.4, 0.5) is 10.7 Å². The average molecular weight is 520 g/mol. The van der Waals surface area contributed by atoms with Gasteiger partial charge in [-0.2, -0.15) is 5.10 Å². The number of hydrogen-bond donors (Lipinski definition) is 2. The molecule has 1 fully saturated rings. The zero-order chi connectivity index (χ0) is 25.6. The minimum absolute atomic E-state index is 0.0836. The molecule has 11 heteroatoms. The van der Waals surface area contributed by atoms with E-state index in [2.05, 4.69) is 20.4 Å². The SMILES string of the molecule is O=C(Nc1ccc(OCCN2CCOCC2)cc1C=Cc1n[nH]c2ccccc12)c1ccc([N+](=O)[O-])s1. The number of aromatic nitrogens is 2. The number of aromatic amines is 1. The van der Waals surface area contributed by atoms with Crippen LogP contribution >= 0.6 is 11.3 Å². The Morgan fingerprint density at radius 1 is 1.19 bits per heavy atom. The number of benzene rings is 2. The van der Waals surface area contributed by atoms with Gasteiger partial charge < -0.3 is 14.8 Å². The van der Waals surface area contributed by atoms with Crippen LogP contribution in [0.3, 0.4) is 0 Å². The molecule has 4 aromatic rings. The van der Waals surface area contributed by atoms with Gasteiger partial charge in [0.2, 0.25) is 0 Å². The third-order valence-electron chi connectivity index (χ3n) is 5.97. The van der Waals surface area contributed by atoms with E-state index >= 15 is 0 Å². The molecule has 0 bridgehead atoms. The molecule has 2 N–H and O–H groups in total. The molecule has 2 aromatic heterocycles. The van der Waals surface area contributed by atoms with E-state index in [0.29, 0.717) is 18.0 Å². The van der Waals surface area contributed by atoms with Crippen molar-refractivity contribution >= 4 is 51.0 Å². The number of para-hydroxylation sites is 1. The van der Waals surface area contributed by atoms with E-state index in [9.17, 15) is 14.9 Å². The minimum atomic E-state index is -0.507. The van der Waals surface area contributed by atoms with Crippen LogP contribution in [0, 0.1) is 10.1 Å². The van der Waals surface area contributed by atoms with E-state index in [1.54, 1.807) is 12.1 Å². The maximum absolute atomic E-state index is 12.8. The molecule has 0 saturated carbocycles. The van der Waals surface area contributed by atoms with Gasteiger partial charge in [0, 0.05) is 42.3 Å². The maximum Gasteiger partial charge on any atom is 0.324 e. The summed E-state index contributed by atoms with van der Waals surface area (Å²) in [6, 6.07) is 16.0. The number of rotatable bonds is 9. The molecular weight excluding hydrogens is 494 g/mol. The van der Waals surface area contributed by atoms with Crippen molar-refractivity contribution in [1.29, 1.82) is 0 Å². The zero-order valence-electron chi connectivity index (χ0n) is 19.9. The number of nitrogens with one attached hydrogen (secondary N) is 2. The second-order valence-electron chi connectivity index (χ2n) is 8.39. The molecule has 190 valence electrons. The van der Waals surface area contributed by atoms with Gasteiger partial charge in [0.05, 0.1) is 34.2 Å². The summed E-state index contributed by atoms with van der Waals surface area (Å²) in [6.45, 7) is 4.57. The molecule has 3 heterocycles. The average Bonchev–Trinajstić information content (AvgIpc) is 3.57. The highest BCUT2D eigenvalue weighted by Crippen LogP contribution is 2.28. The molecule has 0 aliphatic carbocycles. The molecule has 10 nitrogen and oxygen atoms in total. The maximum atomic E-state index is 12.8. The Balaban J connectivity index is 1.36. The van der Waals surface area contributed by atoms with E-state index in [1.807, 2.05) is 42.5 Å². The van der Waals surface area contributed by atoms with Crippen LogP contribution in [0.2, 0.25) is 0 Å². The quantitative estimate of drug-likeness (QED) is 0.243. The molecule has 0 atom stereocenters. The number of hydrogen-bond acceptors (Lipinski definition) is 8. The van der Waals surface area contributed by atoms with E-state index in [1.165, 1.54) is 12.1 Å². The monoisotopic (exact) mass is 519 g/mol. The molecule has 0 spiro atoms. The van der Waals surface area contributed by atoms with Gasteiger partial charge >= 0.3 is 5.00 Å². The molecule has 0 unspecified atom stereocenters. The number of nitrogens with zero attached hydrogens (tertiary/aromatic N) is 3. The summed E-state index contributed by atoms with van der Waals surface area (Å²) in [7, 11) is 0. The van der Waals surface area contributed by atoms with Crippen LogP contribution in [-0.4, -0.2) is 65.4 Å². The largest absolute Gasteiger partial charge is 0.492 e. The van der Waals surface area contributed by atoms with Crippen LogP contribution in [0.15, 0.2) is 54.6 Å². The number of carbonyl (C=O) groups is 1. The fourth-order valence-corrected chi connectivity index (χ4v) is 4.73. The van der Waals surface area contributed by atoms with Gasteiger partial charge in [0.25, 0.3) is 5.91 Å². The molecule has 37 heavy (non-hydrogen) atoms. The first-order valence-electron chi connectivity index (χ1n) is 11.8. The van der Waals surface area contributed by atoms with Gasteiger partial charge in [-0.1, -0.05) is 35.6 Å². The van der Waals surface area contributed by atoms with Gasteiger partial charge in [0.1, 0.15) is 12.4 Å². The van der Waals surface area contributed by atoms with Crippen molar-refractivity contribution in [3.05, 3.63) is 80.8 Å². The van der Waals surface area contributed by atoms with Crippen LogP contribution in [0.1, 0.15) is 20.9 Å². The lowest BCUT2D eigenvalue weighted by Crippen LogP contribution is -2.38. The predicted octanol–water partition coefficient (Wildman–Crippen LogP) is 4.67. The lowest BCUT2D eigenvalue weighted by atomic mass is 10.1. The summed E-state index contributed by atoms with van der Waals surface area (Å²) in [6.07, 6.45) is 3.74. The van der Waals surface area contributed by atoms with Crippen molar-refractivity contribution in [1.82, 2.24) is 15.1 Å². The van der Waals surface area contributed by atoms with E-state index < -0.39 is 10.8 Å². The van der Waals surface area contributed by atoms with Crippen LogP contribution in [0.5, 0.6) is 5.75 Å². The topological polar surface area (TPSA) is 123 Å². The van der Waals surface area contributed by atoms with Gasteiger partial charge in [0.15, 0.2) is 0 Å². The third kappa shape index (κ3) is 6.02. The molecular formula is C26H25N5O5S. The van der Waals surface area contributed by atoms with E-state index in [4.69, 9.17) is 9.47 Å². The summed E-state index contributed by atoms with van der Waals surface area (Å²) in [5, 5.41) is 22.2. The Morgan fingerprint density at radius 2 is 2.03 bits per heavy atom. The van der Waals surface area contributed by atoms with Gasteiger partial charge in [-0.25, -0.2) is 0 Å². The predicted molar refractivity (Wildman–Crippen MR) is 143 cm³/mol. The highest BCUT2D eigenvalue weighted by atomic mass is 32.1. The summed E-state index contributed by atoms with van der Waals surface area (Å²) in [4.78, 5) is 25.9. The number of ether oxygens (including phenoxy) is 2. The lowest BCUT2D eigenvalue weighted by molar-refractivity contribution is -0.380. The molecule has 5 rings (SSSR count). The fraction of sp³-hybridized carbons (Fsp3) is 0.231. The number of fused-ring (bicyclic) bond motifs is 1. The number of anilines is 1. The number of amides is 1. The van der Waals surface area contributed by atoms with Gasteiger partial charge in [-0.3, -0.25) is 24.9 Å². The van der Waals surface area contributed by atoms with E-state index in [-0.39, 0.29) is 9.88 Å². The van der Waals surface area contributed by atoms with Crippen molar-refractivity contribution in [3.63, 3.8) is 0 Å². The second-order valence-corrected chi connectivity index (χ2v) is 9.45. The van der Waals surface area contributed by atoms with Gasteiger partial charge in [-0.05, 0) is 36.4 Å². The molecule has 2 aromatic carbocycles. The Morgan fingerprint density at radius 3 is 2.84 bits per heavy atom. The number of H-pyrrole nitrogens is 1. The normalized spacial score (nSPS) is 14.3. The number of morpholine rings is 1. The van der Waals surface area contributed by atoms with Crippen molar-refractivity contribution in [2.75, 3.05) is 44.8 Å². The second kappa shape index (κ2) is 11.3. The van der Waals surface area contributed by atoms with Crippen molar-refractivity contribution < 1.29 is 19.2 Å². The van der Waals surface area contributed by atoms with Crippen molar-refractivity contribution in [2.24, 2.45) is 0 Å². The first-order valence-corrected chi connectivity index (χ1v) is 12.6. The Bertz CT molecular complexity index is 1440. The Hall–Kier alpha value is -4.06. The first kappa shape index (κ1) is 24.6. The molecule has 1 amide bonds. The third-order valence-corrected chi connectivity index (χ3v) is 7.00. The lowest BCUT2D eigenvalue weighted by Gasteiger charge is -2.26. The first-order chi connectivity index (χ1) is 18.1. The van der Waals surface area contributed by atoms with E-state index in [0.717, 1.165) is 66.3 Å². The standard InChI is InChI=1S/C26H25N5O5S/c32-26(24-9-10-25(37-24)31(33)34)27-21-8-6-19(36-16-13-30-11-14-35-15-12-30)17-18(21)5-7-23-20-3-1-2-4-22(20)28-29-23/h1-10,17H,11-16H2,(H,27,32)(H,28,29). The van der Waals surface area contributed by atoms with Gasteiger partial charge in [-0.15, -0.1) is 0 Å². The zero-order valence-corrected chi connectivity index (χ0v) is 20.7. The molecule has 1 saturated heterocycles. The molecule has 1 aliphatic heterocycles. The summed E-state index contributed by atoms with van der Waals surface area (Å²) < 4.78 is 11.4. The summed E-state index contributed by atoms with van der Waals surface area (Å²) >= 11 is 0.833. The minimum Gasteiger partial charge on any atom is -0.492 e.